The summed E-state index contributed by atoms with van der Waals surface area (Å²) in [7, 11) is -1.71. The van der Waals surface area contributed by atoms with Crippen LogP contribution in [-0.2, 0) is 32.6 Å². The third kappa shape index (κ3) is 9.23. The molecular formula is C36H38Cl2FN3O6S. The van der Waals surface area contributed by atoms with Gasteiger partial charge in [-0.2, -0.15) is 0 Å². The maximum Gasteiger partial charge on any atom is 0.264 e. The molecule has 0 radical (unpaired) electrons. The van der Waals surface area contributed by atoms with Crippen molar-refractivity contribution in [2.24, 2.45) is 0 Å². The van der Waals surface area contributed by atoms with Gasteiger partial charge in [0.2, 0.25) is 11.8 Å². The van der Waals surface area contributed by atoms with Crippen molar-refractivity contribution < 1.29 is 31.9 Å². The second-order valence-electron chi connectivity index (χ2n) is 11.3. The molecule has 0 bridgehead atoms. The zero-order chi connectivity index (χ0) is 35.7. The van der Waals surface area contributed by atoms with Crippen molar-refractivity contribution in [1.29, 1.82) is 0 Å². The number of carbonyl (C=O) groups excluding carboxylic acids is 2. The number of hydrogen-bond acceptors (Lipinski definition) is 6. The zero-order valence-corrected chi connectivity index (χ0v) is 29.9. The molecule has 0 aliphatic carbocycles. The van der Waals surface area contributed by atoms with Crippen molar-refractivity contribution >= 4 is 50.7 Å². The molecule has 1 N–H and O–H groups in total. The van der Waals surface area contributed by atoms with E-state index in [2.05, 4.69) is 5.32 Å². The van der Waals surface area contributed by atoms with E-state index in [9.17, 15) is 22.4 Å². The summed E-state index contributed by atoms with van der Waals surface area (Å²) in [6, 6.07) is 21.4. The van der Waals surface area contributed by atoms with Gasteiger partial charge in [-0.25, -0.2) is 12.8 Å². The Hall–Kier alpha value is -4.32. The summed E-state index contributed by atoms with van der Waals surface area (Å²) in [6.45, 7) is 2.80. The van der Waals surface area contributed by atoms with Gasteiger partial charge in [-0.05, 0) is 67.4 Å². The van der Waals surface area contributed by atoms with E-state index in [1.54, 1.807) is 18.2 Å². The first kappa shape index (κ1) is 37.5. The van der Waals surface area contributed by atoms with E-state index in [1.807, 2.05) is 44.2 Å². The molecule has 0 heterocycles. The summed E-state index contributed by atoms with van der Waals surface area (Å²) in [5.41, 5.74) is 1.16. The number of nitrogens with zero attached hydrogens (tertiary/aromatic N) is 2. The molecule has 4 rings (SSSR count). The van der Waals surface area contributed by atoms with Gasteiger partial charge in [0.15, 0.2) is 11.5 Å². The lowest BCUT2D eigenvalue weighted by molar-refractivity contribution is -0.140. The quantitative estimate of drug-likeness (QED) is 0.143. The number of rotatable bonds is 15. The highest BCUT2D eigenvalue weighted by molar-refractivity contribution is 7.92. The number of carbonyl (C=O) groups is 2. The van der Waals surface area contributed by atoms with Gasteiger partial charge < -0.3 is 19.7 Å². The van der Waals surface area contributed by atoms with E-state index in [0.29, 0.717) is 17.7 Å². The number of methoxy groups -OCH3 is 2. The van der Waals surface area contributed by atoms with Gasteiger partial charge in [0.1, 0.15) is 18.4 Å². The van der Waals surface area contributed by atoms with Crippen LogP contribution in [0.5, 0.6) is 11.5 Å². The van der Waals surface area contributed by atoms with E-state index in [4.69, 9.17) is 32.7 Å². The van der Waals surface area contributed by atoms with Crippen LogP contribution in [0.15, 0.2) is 95.9 Å². The van der Waals surface area contributed by atoms with Gasteiger partial charge >= 0.3 is 0 Å². The second kappa shape index (κ2) is 16.9. The van der Waals surface area contributed by atoms with Crippen LogP contribution in [0.1, 0.15) is 31.4 Å². The summed E-state index contributed by atoms with van der Waals surface area (Å²) < 4.78 is 54.2. The topological polar surface area (TPSA) is 105 Å². The number of anilines is 1. The van der Waals surface area contributed by atoms with E-state index >= 15 is 0 Å². The Labute approximate surface area is 296 Å². The standard InChI is InChI=1S/C36H38Cl2FN3O6S/c1-5-24(2)40-36(44)32(20-25-10-7-6-8-11-25)41(22-29-30(37)12-9-13-31(29)38)35(43)23-42(27-16-14-26(39)15-17-27)49(45,46)28-18-19-33(47-3)34(21-28)48-4/h6-19,21,24,32H,5,20,22-23H2,1-4H3,(H,40,44)/t24-,32-/m0/s1. The minimum atomic E-state index is -4.49. The third-order valence-electron chi connectivity index (χ3n) is 8.00. The molecule has 0 saturated carbocycles. The molecule has 0 aliphatic heterocycles. The van der Waals surface area contributed by atoms with Gasteiger partial charge in [-0.1, -0.05) is 66.5 Å². The summed E-state index contributed by atoms with van der Waals surface area (Å²) in [5, 5.41) is 3.50. The van der Waals surface area contributed by atoms with Crippen LogP contribution in [0.25, 0.3) is 0 Å². The summed E-state index contributed by atoms with van der Waals surface area (Å²) in [6.07, 6.45) is 0.742. The Kier molecular flexibility index (Phi) is 12.9. The van der Waals surface area contributed by atoms with Crippen LogP contribution in [-0.4, -0.2) is 58.0 Å². The van der Waals surface area contributed by atoms with E-state index in [-0.39, 0.29) is 45.4 Å². The second-order valence-corrected chi connectivity index (χ2v) is 13.9. The normalized spacial score (nSPS) is 12.5. The summed E-state index contributed by atoms with van der Waals surface area (Å²) in [5.74, 6) is -1.33. The Bertz CT molecular complexity index is 1840. The van der Waals surface area contributed by atoms with Crippen molar-refractivity contribution in [3.63, 3.8) is 0 Å². The molecule has 13 heteroatoms. The molecule has 0 fully saturated rings. The molecule has 49 heavy (non-hydrogen) atoms. The van der Waals surface area contributed by atoms with Crippen molar-refractivity contribution in [2.45, 2.75) is 50.2 Å². The maximum absolute atomic E-state index is 14.6. The van der Waals surface area contributed by atoms with Gasteiger partial charge in [-0.3, -0.25) is 13.9 Å². The molecular weight excluding hydrogens is 692 g/mol. The van der Waals surface area contributed by atoms with Crippen LogP contribution < -0.4 is 19.1 Å². The number of benzene rings is 4. The number of hydrogen-bond donors (Lipinski definition) is 1. The molecule has 0 unspecified atom stereocenters. The average molecular weight is 731 g/mol. The van der Waals surface area contributed by atoms with Gasteiger partial charge in [0.05, 0.1) is 24.8 Å². The Morgan fingerprint density at radius 3 is 2.10 bits per heavy atom. The van der Waals surface area contributed by atoms with Gasteiger partial charge in [0, 0.05) is 40.7 Å². The molecule has 2 amide bonds. The highest BCUT2D eigenvalue weighted by atomic mass is 35.5. The van der Waals surface area contributed by atoms with Gasteiger partial charge in [-0.15, -0.1) is 0 Å². The zero-order valence-electron chi connectivity index (χ0n) is 27.5. The SMILES string of the molecule is CC[C@H](C)NC(=O)[C@H](Cc1ccccc1)N(Cc1c(Cl)cccc1Cl)C(=O)CN(c1ccc(F)cc1)S(=O)(=O)c1ccc(OC)c(OC)c1. The van der Waals surface area contributed by atoms with Crippen LogP contribution in [0.2, 0.25) is 10.0 Å². The Morgan fingerprint density at radius 2 is 1.51 bits per heavy atom. The Balaban J connectivity index is 1.86. The lowest BCUT2D eigenvalue weighted by Gasteiger charge is -2.34. The van der Waals surface area contributed by atoms with Crippen molar-refractivity contribution in [3.8, 4) is 11.5 Å². The maximum atomic E-state index is 14.6. The highest BCUT2D eigenvalue weighted by Crippen LogP contribution is 2.33. The molecule has 2 atom stereocenters. The fourth-order valence-electron chi connectivity index (χ4n) is 5.09. The monoisotopic (exact) mass is 729 g/mol. The lowest BCUT2D eigenvalue weighted by atomic mass is 10.0. The van der Waals surface area contributed by atoms with Crippen molar-refractivity contribution in [1.82, 2.24) is 10.2 Å². The average Bonchev–Trinajstić information content (AvgIpc) is 3.10. The number of amides is 2. The molecule has 0 aromatic heterocycles. The van der Waals surface area contributed by atoms with Crippen LogP contribution in [0.4, 0.5) is 10.1 Å². The number of nitrogens with one attached hydrogen (secondary N) is 1. The Morgan fingerprint density at radius 1 is 0.878 bits per heavy atom. The van der Waals surface area contributed by atoms with Crippen LogP contribution in [0, 0.1) is 5.82 Å². The molecule has 260 valence electrons. The predicted molar refractivity (Wildman–Crippen MR) is 189 cm³/mol. The molecule has 4 aromatic carbocycles. The lowest BCUT2D eigenvalue weighted by Crippen LogP contribution is -2.54. The number of sulfonamides is 1. The van der Waals surface area contributed by atoms with Crippen LogP contribution in [0.3, 0.4) is 0 Å². The molecule has 0 aliphatic rings. The minimum Gasteiger partial charge on any atom is -0.493 e. The molecule has 4 aromatic rings. The van der Waals surface area contributed by atoms with Crippen molar-refractivity contribution in [2.75, 3.05) is 25.1 Å². The van der Waals surface area contributed by atoms with Gasteiger partial charge in [0.25, 0.3) is 10.0 Å². The van der Waals surface area contributed by atoms with Crippen LogP contribution >= 0.6 is 23.2 Å². The third-order valence-corrected chi connectivity index (χ3v) is 10.5. The summed E-state index contributed by atoms with van der Waals surface area (Å²) in [4.78, 5) is 29.7. The minimum absolute atomic E-state index is 0.0175. The molecule has 0 saturated heterocycles. The number of halogens is 3. The fourth-order valence-corrected chi connectivity index (χ4v) is 7.04. The van der Waals surface area contributed by atoms with E-state index in [1.165, 1.54) is 49.5 Å². The van der Waals surface area contributed by atoms with Crippen molar-refractivity contribution in [3.05, 3.63) is 118 Å². The summed E-state index contributed by atoms with van der Waals surface area (Å²) >= 11 is 13.1. The first-order valence-corrected chi connectivity index (χ1v) is 17.7. The highest BCUT2D eigenvalue weighted by Gasteiger charge is 2.36. The fraction of sp³-hybridized carbons (Fsp3) is 0.278. The van der Waals surface area contributed by atoms with E-state index < -0.39 is 40.2 Å². The largest absolute Gasteiger partial charge is 0.493 e. The molecule has 0 spiro atoms. The predicted octanol–water partition coefficient (Wildman–Crippen LogP) is 6.90. The first-order chi connectivity index (χ1) is 23.4. The van der Waals surface area contributed by atoms with E-state index in [0.717, 1.165) is 22.0 Å². The first-order valence-electron chi connectivity index (χ1n) is 15.5. The smallest absolute Gasteiger partial charge is 0.264 e. The molecule has 9 nitrogen and oxygen atoms in total. The number of ether oxygens (including phenoxy) is 2.